The van der Waals surface area contributed by atoms with Crippen LogP contribution >= 0.6 is 11.3 Å². The van der Waals surface area contributed by atoms with Crippen LogP contribution in [0.1, 0.15) is 16.7 Å². The van der Waals surface area contributed by atoms with Crippen LogP contribution in [0.4, 0.5) is 5.13 Å². The molecule has 0 bridgehead atoms. The maximum absolute atomic E-state index is 10.5. The Morgan fingerprint density at radius 2 is 1.88 bits per heavy atom. The summed E-state index contributed by atoms with van der Waals surface area (Å²) in [6, 6.07) is 18.1. The minimum Gasteiger partial charge on any atom is -0.493 e. The third kappa shape index (κ3) is 3.52. The monoisotopic (exact) mass is 470 g/mol. The van der Waals surface area contributed by atoms with E-state index in [1.54, 1.807) is 14.2 Å². The Kier molecular flexibility index (Phi) is 5.04. The van der Waals surface area contributed by atoms with Crippen molar-refractivity contribution < 1.29 is 14.6 Å². The number of aromatic nitrogens is 3. The van der Waals surface area contributed by atoms with Gasteiger partial charge in [-0.05, 0) is 23.3 Å². The van der Waals surface area contributed by atoms with Gasteiger partial charge >= 0.3 is 0 Å². The molecule has 7 nitrogen and oxygen atoms in total. The van der Waals surface area contributed by atoms with Crippen LogP contribution in [0.25, 0.3) is 21.3 Å². The van der Waals surface area contributed by atoms with Gasteiger partial charge in [0.2, 0.25) is 5.13 Å². The van der Waals surface area contributed by atoms with Gasteiger partial charge in [0.25, 0.3) is 0 Å². The lowest BCUT2D eigenvalue weighted by Gasteiger charge is -2.09. The summed E-state index contributed by atoms with van der Waals surface area (Å²) in [5.74, 6) is 1.34. The fourth-order valence-electron chi connectivity index (χ4n) is 4.48. The zero-order valence-corrected chi connectivity index (χ0v) is 19.5. The molecule has 2 heterocycles. The minimum absolute atomic E-state index is 0.592. The van der Waals surface area contributed by atoms with Gasteiger partial charge in [-0.3, -0.25) is 0 Å². The predicted octanol–water partition coefficient (Wildman–Crippen LogP) is 4.75. The van der Waals surface area contributed by atoms with E-state index in [0.29, 0.717) is 35.3 Å². The van der Waals surface area contributed by atoms with Gasteiger partial charge in [0.1, 0.15) is 6.10 Å². The Balaban J connectivity index is 1.32. The molecule has 0 amide bonds. The molecule has 2 aromatic heterocycles. The van der Waals surface area contributed by atoms with Gasteiger partial charge in [0.15, 0.2) is 11.5 Å². The van der Waals surface area contributed by atoms with E-state index in [1.165, 1.54) is 11.3 Å². The van der Waals surface area contributed by atoms with Crippen molar-refractivity contribution in [1.29, 1.82) is 0 Å². The van der Waals surface area contributed by atoms with E-state index in [0.717, 1.165) is 37.9 Å². The number of aliphatic hydroxyl groups is 1. The number of rotatable bonds is 5. The summed E-state index contributed by atoms with van der Waals surface area (Å²) >= 11 is 1.53. The summed E-state index contributed by atoms with van der Waals surface area (Å²) in [5, 5.41) is 11.2. The molecule has 170 valence electrons. The quantitative estimate of drug-likeness (QED) is 0.401. The number of ether oxygens (including phenoxy) is 2. The van der Waals surface area contributed by atoms with Crippen molar-refractivity contribution in [2.24, 2.45) is 4.99 Å². The first-order valence-corrected chi connectivity index (χ1v) is 11.8. The van der Waals surface area contributed by atoms with Gasteiger partial charge in [-0.15, -0.1) is 0 Å². The fraction of sp³-hybridized carbons (Fsp3) is 0.192. The lowest BCUT2D eigenvalue weighted by atomic mass is 10.1. The van der Waals surface area contributed by atoms with Gasteiger partial charge in [-0.1, -0.05) is 41.7 Å². The molecule has 1 aliphatic carbocycles. The zero-order chi connectivity index (χ0) is 23.2. The van der Waals surface area contributed by atoms with Crippen molar-refractivity contribution >= 4 is 43.4 Å². The first-order valence-electron chi connectivity index (χ1n) is 10.9. The average molecular weight is 471 g/mol. The number of hydrogen-bond donors (Lipinski definition) is 1. The number of nitrogens with zero attached hydrogens (tertiary/aromatic N) is 4. The van der Waals surface area contributed by atoms with Crippen LogP contribution in [-0.2, 0) is 13.0 Å². The summed E-state index contributed by atoms with van der Waals surface area (Å²) in [4.78, 5) is 13.9. The highest BCUT2D eigenvalue weighted by Gasteiger charge is 2.26. The predicted molar refractivity (Wildman–Crippen MR) is 134 cm³/mol. The first kappa shape index (κ1) is 20.8. The number of aliphatic hydroxyl groups excluding tert-OH is 1. The maximum Gasteiger partial charge on any atom is 0.210 e. The van der Waals surface area contributed by atoms with Gasteiger partial charge in [-0.25, -0.2) is 15.0 Å². The molecule has 1 N–H and O–H groups in total. The number of methoxy groups -OCH3 is 2. The van der Waals surface area contributed by atoms with Crippen molar-refractivity contribution in [1.82, 2.24) is 14.5 Å². The van der Waals surface area contributed by atoms with Gasteiger partial charge in [0, 0.05) is 30.7 Å². The molecular weight excluding hydrogens is 448 g/mol. The lowest BCUT2D eigenvalue weighted by Crippen LogP contribution is -2.15. The van der Waals surface area contributed by atoms with Crippen LogP contribution in [0.3, 0.4) is 0 Å². The Morgan fingerprint density at radius 1 is 1.06 bits per heavy atom. The third-order valence-electron chi connectivity index (χ3n) is 6.16. The molecule has 0 radical (unpaired) electrons. The largest absolute Gasteiger partial charge is 0.493 e. The van der Waals surface area contributed by atoms with Crippen molar-refractivity contribution in [3.05, 3.63) is 77.6 Å². The van der Waals surface area contributed by atoms with E-state index in [2.05, 4.69) is 26.7 Å². The molecule has 0 unspecified atom stereocenters. The van der Waals surface area contributed by atoms with E-state index >= 15 is 0 Å². The van der Waals surface area contributed by atoms with Crippen molar-refractivity contribution in [3.63, 3.8) is 0 Å². The highest BCUT2D eigenvalue weighted by Crippen LogP contribution is 2.34. The second-order valence-electron chi connectivity index (χ2n) is 8.24. The van der Waals surface area contributed by atoms with Crippen molar-refractivity contribution in [2.45, 2.75) is 19.1 Å². The molecular formula is C26H22N4O3S. The number of imidazole rings is 1. The zero-order valence-electron chi connectivity index (χ0n) is 18.7. The molecule has 34 heavy (non-hydrogen) atoms. The summed E-state index contributed by atoms with van der Waals surface area (Å²) < 4.78 is 14.0. The molecule has 0 saturated carbocycles. The molecule has 6 rings (SSSR count). The van der Waals surface area contributed by atoms with E-state index in [4.69, 9.17) is 14.5 Å². The molecule has 1 aliphatic rings. The number of aliphatic imine (C=N–C) groups is 1. The number of fused-ring (bicyclic) bond motifs is 3. The van der Waals surface area contributed by atoms with Crippen LogP contribution in [0.5, 0.6) is 11.5 Å². The van der Waals surface area contributed by atoms with E-state index < -0.39 is 6.10 Å². The van der Waals surface area contributed by atoms with Gasteiger partial charge in [0.05, 0.1) is 47.5 Å². The molecule has 0 spiro atoms. The van der Waals surface area contributed by atoms with E-state index in [-0.39, 0.29) is 0 Å². The summed E-state index contributed by atoms with van der Waals surface area (Å²) in [5.41, 5.74) is 6.69. The minimum atomic E-state index is -0.592. The summed E-state index contributed by atoms with van der Waals surface area (Å²) in [6.45, 7) is 0.662. The SMILES string of the molecule is COc1cc2ncn(Cc3ccc4nc(/N=C5\c6ccccc6C[C@@H]5O)sc4c3)c2cc1OC. The van der Waals surface area contributed by atoms with E-state index in [1.807, 2.05) is 48.8 Å². The Morgan fingerprint density at radius 3 is 2.74 bits per heavy atom. The standard InChI is InChI=1S/C26H22N4O3S/c1-32-22-11-19-20(12-23(22)33-2)30(14-27-19)13-15-7-8-18-24(9-15)34-26(28-18)29-25-17-6-4-3-5-16(17)10-21(25)31/h3-9,11-12,14,21,31H,10,13H2,1-2H3/b29-25+/t21-/m0/s1. The summed E-state index contributed by atoms with van der Waals surface area (Å²) in [6.07, 6.45) is 1.83. The molecule has 0 aliphatic heterocycles. The van der Waals surface area contributed by atoms with Crippen LogP contribution < -0.4 is 9.47 Å². The normalized spacial score (nSPS) is 16.4. The van der Waals surface area contributed by atoms with Gasteiger partial charge in [-0.2, -0.15) is 0 Å². The van der Waals surface area contributed by atoms with Crippen LogP contribution in [0.15, 0.2) is 65.9 Å². The van der Waals surface area contributed by atoms with Crippen LogP contribution in [-0.4, -0.2) is 45.7 Å². The van der Waals surface area contributed by atoms with Crippen LogP contribution in [0.2, 0.25) is 0 Å². The maximum atomic E-state index is 10.5. The molecule has 0 saturated heterocycles. The molecule has 1 atom stereocenters. The Hall–Kier alpha value is -3.75. The van der Waals surface area contributed by atoms with Crippen LogP contribution in [0, 0.1) is 0 Å². The molecule has 5 aromatic rings. The first-order chi connectivity index (χ1) is 16.6. The van der Waals surface area contributed by atoms with Gasteiger partial charge < -0.3 is 19.1 Å². The average Bonchev–Trinajstić information content (AvgIpc) is 3.53. The highest BCUT2D eigenvalue weighted by atomic mass is 32.1. The number of thiazole rings is 1. The smallest absolute Gasteiger partial charge is 0.210 e. The second-order valence-corrected chi connectivity index (χ2v) is 9.25. The number of hydrogen-bond acceptors (Lipinski definition) is 7. The molecule has 3 aromatic carbocycles. The summed E-state index contributed by atoms with van der Waals surface area (Å²) in [7, 11) is 3.25. The fourth-order valence-corrected chi connectivity index (χ4v) is 5.39. The third-order valence-corrected chi connectivity index (χ3v) is 7.07. The van der Waals surface area contributed by atoms with Crippen molar-refractivity contribution in [3.8, 4) is 11.5 Å². The molecule has 0 fully saturated rings. The Labute approximate surface area is 200 Å². The molecule has 8 heteroatoms. The topological polar surface area (TPSA) is 81.8 Å². The van der Waals surface area contributed by atoms with E-state index in [9.17, 15) is 5.11 Å². The lowest BCUT2D eigenvalue weighted by molar-refractivity contribution is 0.248. The second kappa shape index (κ2) is 8.23. The van der Waals surface area contributed by atoms with Crippen molar-refractivity contribution in [2.75, 3.05) is 14.2 Å². The number of benzene rings is 3. The highest BCUT2D eigenvalue weighted by molar-refractivity contribution is 7.22. The Bertz CT molecular complexity index is 1570.